The van der Waals surface area contributed by atoms with Crippen LogP contribution in [0.3, 0.4) is 0 Å². The standard InChI is InChI=1S/C20H20ClNO4/c1-12(2)11-25-17-8-7-14(10-16(17)21)22-19(23)18-9-13-5-3-4-6-15(13)20(24)26-18/h3-8,10,12,18H,9,11H2,1-2H3,(H,22,23). The summed E-state index contributed by atoms with van der Waals surface area (Å²) < 4.78 is 10.9. The van der Waals surface area contributed by atoms with E-state index in [-0.39, 0.29) is 5.91 Å². The number of hydrogen-bond acceptors (Lipinski definition) is 4. The molecule has 0 radical (unpaired) electrons. The zero-order valence-corrected chi connectivity index (χ0v) is 15.4. The van der Waals surface area contributed by atoms with Crippen LogP contribution in [-0.2, 0) is 16.0 Å². The number of ether oxygens (including phenoxy) is 2. The topological polar surface area (TPSA) is 64.6 Å². The predicted molar refractivity (Wildman–Crippen MR) is 99.8 cm³/mol. The number of amides is 1. The zero-order chi connectivity index (χ0) is 18.7. The molecule has 1 unspecified atom stereocenters. The van der Waals surface area contributed by atoms with Crippen LogP contribution in [-0.4, -0.2) is 24.6 Å². The molecule has 1 aliphatic heterocycles. The number of esters is 1. The summed E-state index contributed by atoms with van der Waals surface area (Å²) in [5.41, 5.74) is 1.83. The Labute approximate surface area is 157 Å². The fourth-order valence-electron chi connectivity index (χ4n) is 2.65. The summed E-state index contributed by atoms with van der Waals surface area (Å²) in [5, 5.41) is 3.15. The van der Waals surface area contributed by atoms with Crippen LogP contribution in [0.15, 0.2) is 42.5 Å². The van der Waals surface area contributed by atoms with E-state index in [1.54, 1.807) is 30.3 Å². The number of nitrogens with one attached hydrogen (secondary N) is 1. The van der Waals surface area contributed by atoms with Gasteiger partial charge in [0.05, 0.1) is 17.2 Å². The number of fused-ring (bicyclic) bond motifs is 1. The van der Waals surface area contributed by atoms with Gasteiger partial charge in [0.1, 0.15) is 5.75 Å². The molecule has 1 N–H and O–H groups in total. The van der Waals surface area contributed by atoms with E-state index in [4.69, 9.17) is 21.1 Å². The molecule has 1 aliphatic rings. The van der Waals surface area contributed by atoms with E-state index in [2.05, 4.69) is 5.32 Å². The molecule has 0 spiro atoms. The normalized spacial score (nSPS) is 16.0. The van der Waals surface area contributed by atoms with Crippen LogP contribution in [0.25, 0.3) is 0 Å². The van der Waals surface area contributed by atoms with Gasteiger partial charge in [-0.05, 0) is 35.7 Å². The van der Waals surface area contributed by atoms with Gasteiger partial charge in [-0.2, -0.15) is 0 Å². The minimum Gasteiger partial charge on any atom is -0.492 e. The Hall–Kier alpha value is -2.53. The number of halogens is 1. The molecule has 0 saturated heterocycles. The summed E-state index contributed by atoms with van der Waals surface area (Å²) >= 11 is 6.21. The maximum absolute atomic E-state index is 12.5. The molecule has 26 heavy (non-hydrogen) atoms. The third-order valence-corrected chi connectivity index (χ3v) is 4.25. The Morgan fingerprint density at radius 1 is 1.31 bits per heavy atom. The Kier molecular flexibility index (Phi) is 5.47. The zero-order valence-electron chi connectivity index (χ0n) is 14.6. The van der Waals surface area contributed by atoms with E-state index in [0.29, 0.717) is 41.0 Å². The molecule has 0 aromatic heterocycles. The maximum Gasteiger partial charge on any atom is 0.339 e. The maximum atomic E-state index is 12.5. The molecule has 6 heteroatoms. The molecule has 1 heterocycles. The van der Waals surface area contributed by atoms with Crippen molar-refractivity contribution >= 4 is 29.2 Å². The van der Waals surface area contributed by atoms with E-state index >= 15 is 0 Å². The number of cyclic esters (lactones) is 1. The molecule has 3 rings (SSSR count). The first kappa shape index (κ1) is 18.3. The van der Waals surface area contributed by atoms with Crippen molar-refractivity contribution in [2.75, 3.05) is 11.9 Å². The SMILES string of the molecule is CC(C)COc1ccc(NC(=O)C2Cc3ccccc3C(=O)O2)cc1Cl. The second-order valence-corrected chi connectivity index (χ2v) is 7.00. The van der Waals surface area contributed by atoms with E-state index in [0.717, 1.165) is 5.56 Å². The summed E-state index contributed by atoms with van der Waals surface area (Å²) in [6, 6.07) is 12.2. The Bertz CT molecular complexity index is 834. The molecule has 0 bridgehead atoms. The Balaban J connectivity index is 1.67. The van der Waals surface area contributed by atoms with Crippen LogP contribution in [0.4, 0.5) is 5.69 Å². The first-order valence-electron chi connectivity index (χ1n) is 8.46. The molecular weight excluding hydrogens is 354 g/mol. The highest BCUT2D eigenvalue weighted by molar-refractivity contribution is 6.32. The average Bonchev–Trinajstić information content (AvgIpc) is 2.61. The fourth-order valence-corrected chi connectivity index (χ4v) is 2.89. The summed E-state index contributed by atoms with van der Waals surface area (Å²) in [6.45, 7) is 4.65. The van der Waals surface area contributed by atoms with Crippen molar-refractivity contribution in [1.82, 2.24) is 0 Å². The van der Waals surface area contributed by atoms with E-state index in [1.807, 2.05) is 26.0 Å². The highest BCUT2D eigenvalue weighted by atomic mass is 35.5. The van der Waals surface area contributed by atoms with Gasteiger partial charge in [-0.15, -0.1) is 0 Å². The largest absolute Gasteiger partial charge is 0.492 e. The fraction of sp³-hybridized carbons (Fsp3) is 0.300. The smallest absolute Gasteiger partial charge is 0.339 e. The third kappa shape index (κ3) is 4.17. The first-order valence-corrected chi connectivity index (χ1v) is 8.84. The van der Waals surface area contributed by atoms with Crippen molar-refractivity contribution < 1.29 is 19.1 Å². The lowest BCUT2D eigenvalue weighted by molar-refractivity contribution is -0.125. The van der Waals surface area contributed by atoms with Gasteiger partial charge in [-0.25, -0.2) is 4.79 Å². The molecular formula is C20H20ClNO4. The van der Waals surface area contributed by atoms with Crippen LogP contribution in [0.2, 0.25) is 5.02 Å². The average molecular weight is 374 g/mol. The number of rotatable bonds is 5. The van der Waals surface area contributed by atoms with Gasteiger partial charge in [0, 0.05) is 12.1 Å². The van der Waals surface area contributed by atoms with Crippen LogP contribution >= 0.6 is 11.6 Å². The summed E-state index contributed by atoms with van der Waals surface area (Å²) in [6.07, 6.45) is -0.523. The second-order valence-electron chi connectivity index (χ2n) is 6.59. The van der Waals surface area contributed by atoms with Gasteiger partial charge in [-0.3, -0.25) is 4.79 Å². The second kappa shape index (κ2) is 7.79. The van der Waals surface area contributed by atoms with Crippen molar-refractivity contribution in [2.45, 2.75) is 26.4 Å². The number of hydrogen-bond donors (Lipinski definition) is 1. The Morgan fingerprint density at radius 2 is 2.08 bits per heavy atom. The van der Waals surface area contributed by atoms with Gasteiger partial charge in [0.15, 0.2) is 6.10 Å². The van der Waals surface area contributed by atoms with Crippen molar-refractivity contribution in [3.8, 4) is 5.75 Å². The highest BCUT2D eigenvalue weighted by Gasteiger charge is 2.31. The molecule has 2 aromatic carbocycles. The van der Waals surface area contributed by atoms with Crippen LogP contribution in [0.1, 0.15) is 29.8 Å². The Morgan fingerprint density at radius 3 is 2.81 bits per heavy atom. The molecule has 0 fully saturated rings. The molecule has 2 aromatic rings. The van der Waals surface area contributed by atoms with Crippen molar-refractivity contribution in [2.24, 2.45) is 5.92 Å². The van der Waals surface area contributed by atoms with Gasteiger partial charge >= 0.3 is 5.97 Å². The van der Waals surface area contributed by atoms with Crippen molar-refractivity contribution in [1.29, 1.82) is 0 Å². The lowest BCUT2D eigenvalue weighted by Crippen LogP contribution is -2.37. The van der Waals surface area contributed by atoms with E-state index < -0.39 is 12.1 Å². The third-order valence-electron chi connectivity index (χ3n) is 3.96. The molecule has 1 atom stereocenters. The van der Waals surface area contributed by atoms with Crippen LogP contribution < -0.4 is 10.1 Å². The summed E-state index contributed by atoms with van der Waals surface area (Å²) in [4.78, 5) is 24.5. The number of anilines is 1. The van der Waals surface area contributed by atoms with E-state index in [9.17, 15) is 9.59 Å². The first-order chi connectivity index (χ1) is 12.4. The molecule has 1 amide bonds. The molecule has 136 valence electrons. The minimum absolute atomic E-state index is 0.344. The highest BCUT2D eigenvalue weighted by Crippen LogP contribution is 2.29. The van der Waals surface area contributed by atoms with Crippen LogP contribution in [0, 0.1) is 5.92 Å². The quantitative estimate of drug-likeness (QED) is 0.801. The van der Waals surface area contributed by atoms with Gasteiger partial charge in [0.2, 0.25) is 0 Å². The van der Waals surface area contributed by atoms with Crippen molar-refractivity contribution in [3.63, 3.8) is 0 Å². The number of benzene rings is 2. The van der Waals surface area contributed by atoms with Gasteiger partial charge in [0.25, 0.3) is 5.91 Å². The molecule has 0 aliphatic carbocycles. The number of carbonyl (C=O) groups excluding carboxylic acids is 2. The van der Waals surface area contributed by atoms with Crippen LogP contribution in [0.5, 0.6) is 5.75 Å². The van der Waals surface area contributed by atoms with Gasteiger partial charge in [-0.1, -0.05) is 43.6 Å². The lowest BCUT2D eigenvalue weighted by Gasteiger charge is -2.23. The summed E-state index contributed by atoms with van der Waals surface area (Å²) in [7, 11) is 0. The molecule has 0 saturated carbocycles. The minimum atomic E-state index is -0.868. The van der Waals surface area contributed by atoms with E-state index in [1.165, 1.54) is 0 Å². The van der Waals surface area contributed by atoms with Crippen molar-refractivity contribution in [3.05, 3.63) is 58.6 Å². The predicted octanol–water partition coefficient (Wildman–Crippen LogP) is 4.10. The summed E-state index contributed by atoms with van der Waals surface area (Å²) in [5.74, 6) is 0.0768. The number of carbonyl (C=O) groups is 2. The van der Waals surface area contributed by atoms with Gasteiger partial charge < -0.3 is 14.8 Å². The molecule has 5 nitrogen and oxygen atoms in total. The monoisotopic (exact) mass is 373 g/mol. The lowest BCUT2D eigenvalue weighted by atomic mass is 9.98.